The number of hydrogen-bond donors (Lipinski definition) is 4. The van der Waals surface area contributed by atoms with Gasteiger partial charge in [-0.2, -0.15) is 10.5 Å². The number of rotatable bonds is 29. The van der Waals surface area contributed by atoms with Crippen LogP contribution in [0.2, 0.25) is 10.0 Å². The van der Waals surface area contributed by atoms with Crippen molar-refractivity contribution in [2.45, 2.75) is 88.7 Å². The molecular weight excluding hydrogens is 1220 g/mol. The molecule has 2 aliphatic heterocycles. The van der Waals surface area contributed by atoms with Gasteiger partial charge >= 0.3 is 12.1 Å². The highest BCUT2D eigenvalue weighted by Gasteiger charge is 2.42. The fourth-order valence-electron chi connectivity index (χ4n) is 11.7. The number of anilines is 2. The summed E-state index contributed by atoms with van der Waals surface area (Å²) in [5, 5.41) is 31.4. The summed E-state index contributed by atoms with van der Waals surface area (Å²) in [5.74, 6) is 0.360. The standard InChI is InChI=1S/C60H76Cl2N12O12S2/c1-37-27-43(9-11-53(37)85-55-47-31-41(61)29-39(35-63)45(47)33-51(55)69(3)4)73(87(79)80)49-13-19-71(57(49)75)21-25-83-23-17-67-59(77)65-15-7-8-16-66-60(78)68-18-24-84-26-22-72-20-14-50(58(72)76)74(88(81)82)44-10-12-54(38(2)28-44)86-56-48-32-42(62)30-40(36-64)46(48)34-52(56)70(5)6/h9-12,27-32,49-52,55-56H,7-8,13-26,33-34H2,1-6H3,(H,79,80)(H,81,82)(H2,65,67,77)(H2,66,68,78)/p-2/t49-,50-,51-,52-,55-,56-/m0/s1. The molecule has 2 unspecified atom stereocenters. The molecule has 474 valence electrons. The predicted molar refractivity (Wildman–Crippen MR) is 330 cm³/mol. The van der Waals surface area contributed by atoms with Crippen molar-refractivity contribution in [2.75, 3.05) is 116 Å². The number of halogens is 2. The minimum atomic E-state index is -2.77. The zero-order valence-electron chi connectivity index (χ0n) is 50.0. The van der Waals surface area contributed by atoms with Crippen LogP contribution in [0.15, 0.2) is 60.7 Å². The number of nitriles is 2. The molecule has 0 saturated carbocycles. The molecule has 4 aliphatic rings. The second-order valence-corrected chi connectivity index (χ2v) is 24.9. The SMILES string of the molecule is Cc1cc(N([C@H]2CCN(CCOCCNC(=O)NCCCCNC(=O)NCCOCCN3CC[C@H](N(c4ccc(O[C@H]5c6cc(Cl)cc(C#N)c6C[C@@H]5N(C)C)c(C)c4)S(=O)[O-])C3=O)C2=O)S(=O)[O-])ccc1O[C@H]1c2cc(Cl)cc(C#N)c2C[C@@H]1N(C)C. The summed E-state index contributed by atoms with van der Waals surface area (Å²) in [7, 11) is 7.77. The number of carbonyl (C=O) groups excluding carboxylic acids is 4. The molecule has 0 aromatic heterocycles. The van der Waals surface area contributed by atoms with Crippen molar-refractivity contribution >= 4 is 81.0 Å². The number of hydrogen-bond acceptors (Lipinski definition) is 16. The number of ether oxygens (including phenoxy) is 4. The number of aryl methyl sites for hydroxylation is 2. The second-order valence-electron chi connectivity index (χ2n) is 22.4. The molecule has 6 amide bonds. The predicted octanol–water partition coefficient (Wildman–Crippen LogP) is 5.08. The van der Waals surface area contributed by atoms with Crippen LogP contribution in [0.25, 0.3) is 0 Å². The van der Waals surface area contributed by atoms with Crippen LogP contribution in [0.5, 0.6) is 11.5 Å². The average molecular weight is 1290 g/mol. The Hall–Kier alpha value is -6.82. The third-order valence-corrected chi connectivity index (χ3v) is 18.2. The average Bonchev–Trinajstić information content (AvgIpc) is 1.79. The van der Waals surface area contributed by atoms with Crippen LogP contribution >= 0.6 is 23.2 Å². The molecule has 4 N–H and O–H groups in total. The summed E-state index contributed by atoms with van der Waals surface area (Å²) in [6.45, 7) is 6.62. The highest BCUT2D eigenvalue weighted by molar-refractivity contribution is 7.81. The molecule has 28 heteroatoms. The maximum atomic E-state index is 13.5. The number of fused-ring (bicyclic) bond motifs is 2. The molecule has 4 aromatic carbocycles. The zero-order valence-corrected chi connectivity index (χ0v) is 53.2. The molecule has 8 atom stereocenters. The lowest BCUT2D eigenvalue weighted by Crippen LogP contribution is -2.43. The Labute approximate surface area is 528 Å². The molecule has 88 heavy (non-hydrogen) atoms. The molecule has 2 heterocycles. The number of likely N-dealkylation sites (tertiary alicyclic amines) is 2. The highest BCUT2D eigenvalue weighted by atomic mass is 35.5. The largest absolute Gasteiger partial charge is 0.755 e. The van der Waals surface area contributed by atoms with Gasteiger partial charge in [-0.05, 0) is 175 Å². The number of carbonyl (C=O) groups is 4. The molecule has 4 aromatic rings. The quantitative estimate of drug-likeness (QED) is 0.0407. The van der Waals surface area contributed by atoms with Gasteiger partial charge in [0, 0.05) is 96.3 Å². The van der Waals surface area contributed by atoms with Gasteiger partial charge < -0.3 is 68.9 Å². The number of benzene rings is 4. The van der Waals surface area contributed by atoms with Crippen molar-refractivity contribution in [3.05, 3.63) is 115 Å². The molecule has 24 nitrogen and oxygen atoms in total. The number of amides is 6. The normalized spacial score (nSPS) is 20.1. The van der Waals surface area contributed by atoms with E-state index in [-0.39, 0.29) is 101 Å². The van der Waals surface area contributed by atoms with Crippen molar-refractivity contribution in [1.29, 1.82) is 10.5 Å². The van der Waals surface area contributed by atoms with Crippen LogP contribution in [0, 0.1) is 36.5 Å². The number of nitrogens with zero attached hydrogens (tertiary/aromatic N) is 8. The van der Waals surface area contributed by atoms with E-state index in [1.165, 1.54) is 0 Å². The summed E-state index contributed by atoms with van der Waals surface area (Å²) < 4.78 is 77.3. The van der Waals surface area contributed by atoms with E-state index in [0.29, 0.717) is 107 Å². The van der Waals surface area contributed by atoms with Crippen molar-refractivity contribution < 1.29 is 55.6 Å². The molecule has 0 radical (unpaired) electrons. The van der Waals surface area contributed by atoms with Crippen LogP contribution in [0.1, 0.15) is 82.4 Å². The first-order valence-corrected chi connectivity index (χ1v) is 31.9. The Balaban J connectivity index is 0.652. The van der Waals surface area contributed by atoms with Crippen LogP contribution in [-0.2, 0) is 54.4 Å². The Bertz CT molecular complexity index is 3120. The van der Waals surface area contributed by atoms with Gasteiger partial charge in [-0.1, -0.05) is 23.2 Å². The number of unbranched alkanes of at least 4 members (excludes halogenated alkanes) is 1. The molecule has 8 rings (SSSR count). The molecule has 2 saturated heterocycles. The fourth-order valence-corrected chi connectivity index (χ4v) is 13.5. The molecule has 2 aliphatic carbocycles. The smallest absolute Gasteiger partial charge is 0.314 e. The van der Waals surface area contributed by atoms with Crippen LogP contribution in [0.3, 0.4) is 0 Å². The topological polar surface area (TPSA) is 301 Å². The summed E-state index contributed by atoms with van der Waals surface area (Å²) in [6.07, 6.45) is 2.08. The monoisotopic (exact) mass is 1290 g/mol. The minimum absolute atomic E-state index is 0.0798. The van der Waals surface area contributed by atoms with Gasteiger partial charge in [0.05, 0.1) is 61.8 Å². The van der Waals surface area contributed by atoms with Crippen LogP contribution in [0.4, 0.5) is 21.0 Å². The highest BCUT2D eigenvalue weighted by Crippen LogP contribution is 2.44. The van der Waals surface area contributed by atoms with E-state index in [1.807, 2.05) is 50.1 Å². The van der Waals surface area contributed by atoms with E-state index in [4.69, 9.17) is 42.1 Å². The van der Waals surface area contributed by atoms with E-state index < -0.39 is 46.8 Å². The van der Waals surface area contributed by atoms with Crippen LogP contribution in [-0.4, -0.2) is 192 Å². The van der Waals surface area contributed by atoms with Gasteiger partial charge in [0.2, 0.25) is 11.8 Å². The van der Waals surface area contributed by atoms with Gasteiger partial charge in [0.1, 0.15) is 35.8 Å². The summed E-state index contributed by atoms with van der Waals surface area (Å²) in [5.41, 5.74) is 6.40. The van der Waals surface area contributed by atoms with Crippen molar-refractivity contribution in [1.82, 2.24) is 40.9 Å². The van der Waals surface area contributed by atoms with E-state index in [0.717, 1.165) is 30.9 Å². The van der Waals surface area contributed by atoms with Crippen molar-refractivity contribution in [3.63, 3.8) is 0 Å². The number of nitrogens with one attached hydrogen (secondary N) is 4. The third kappa shape index (κ3) is 16.3. The Morgan fingerprint density at radius 2 is 1.00 bits per heavy atom. The first-order valence-electron chi connectivity index (χ1n) is 29.0. The number of likely N-dealkylation sites (N-methyl/N-ethyl adjacent to an activating group) is 2. The summed E-state index contributed by atoms with van der Waals surface area (Å²) in [4.78, 5) is 59.0. The molecule has 0 bridgehead atoms. The van der Waals surface area contributed by atoms with Gasteiger partial charge in [0.15, 0.2) is 0 Å². The van der Waals surface area contributed by atoms with E-state index >= 15 is 0 Å². The van der Waals surface area contributed by atoms with Crippen LogP contribution < -0.4 is 39.4 Å². The minimum Gasteiger partial charge on any atom is -0.755 e. The van der Waals surface area contributed by atoms with E-state index in [9.17, 15) is 47.2 Å². The third-order valence-electron chi connectivity index (χ3n) is 16.2. The maximum Gasteiger partial charge on any atom is 0.314 e. The van der Waals surface area contributed by atoms with Gasteiger partial charge in [-0.25, -0.2) is 9.59 Å². The lowest BCUT2D eigenvalue weighted by atomic mass is 10.0. The Morgan fingerprint density at radius 1 is 0.614 bits per heavy atom. The second kappa shape index (κ2) is 31.1. The lowest BCUT2D eigenvalue weighted by molar-refractivity contribution is -0.130. The first kappa shape index (κ1) is 67.1. The fraction of sp³-hybridized carbons (Fsp3) is 0.500. The van der Waals surface area contributed by atoms with Crippen molar-refractivity contribution in [2.24, 2.45) is 0 Å². The number of urea groups is 2. The molecule has 2 fully saturated rings. The van der Waals surface area contributed by atoms with Gasteiger partial charge in [-0.15, -0.1) is 0 Å². The van der Waals surface area contributed by atoms with E-state index in [1.54, 1.807) is 72.2 Å². The zero-order chi connectivity index (χ0) is 63.3. The van der Waals surface area contributed by atoms with Gasteiger partial charge in [0.25, 0.3) is 0 Å². The van der Waals surface area contributed by atoms with Crippen molar-refractivity contribution in [3.8, 4) is 23.6 Å². The van der Waals surface area contributed by atoms with Gasteiger partial charge in [-0.3, -0.25) is 26.6 Å². The molecule has 0 spiro atoms. The lowest BCUT2D eigenvalue weighted by Gasteiger charge is -2.32. The first-order chi connectivity index (χ1) is 42.2. The maximum absolute atomic E-state index is 13.5. The Kier molecular flexibility index (Phi) is 23.7. The Morgan fingerprint density at radius 3 is 1.35 bits per heavy atom. The molecular formula is C60H74Cl2N12O12S2-2. The summed E-state index contributed by atoms with van der Waals surface area (Å²) >= 11 is 7.24. The van der Waals surface area contributed by atoms with E-state index in [2.05, 4.69) is 33.4 Å². The summed E-state index contributed by atoms with van der Waals surface area (Å²) in [6, 6.07) is 18.6.